The minimum absolute atomic E-state index is 0.0278. The van der Waals surface area contributed by atoms with Crippen LogP contribution in [0.4, 0.5) is 4.79 Å². The molecule has 1 unspecified atom stereocenters. The van der Waals surface area contributed by atoms with E-state index in [2.05, 4.69) is 25.6 Å². The maximum absolute atomic E-state index is 15.5. The van der Waals surface area contributed by atoms with Gasteiger partial charge in [0.1, 0.15) is 32.6 Å². The van der Waals surface area contributed by atoms with E-state index in [-0.39, 0.29) is 37.6 Å². The zero-order valence-corrected chi connectivity index (χ0v) is 37.0. The molecule has 0 fully saturated rings. The van der Waals surface area contributed by atoms with Gasteiger partial charge in [-0.05, 0) is 119 Å². The second kappa shape index (κ2) is 19.5. The first-order valence-corrected chi connectivity index (χ1v) is 22.1. The SMILES string of the molecule is COc1ccc(CN(Cc2ccc(OC)cc2)S(=O)(=O)c2c(S(=O)(=O)NC(CO)CNC(=O)OC(C)(C)C)ccc(I)c2-c2nnnn2Cc2ccc(OC)cc2)cc1. The lowest BCUT2D eigenvalue weighted by Gasteiger charge is -2.26. The number of methoxy groups -OCH3 is 3. The number of benzene rings is 4. The minimum Gasteiger partial charge on any atom is -0.497 e. The van der Waals surface area contributed by atoms with Crippen molar-refractivity contribution < 1.29 is 45.7 Å². The van der Waals surface area contributed by atoms with E-state index in [1.807, 2.05) is 22.6 Å². The van der Waals surface area contributed by atoms with Crippen LogP contribution in [0.1, 0.15) is 37.5 Å². The molecule has 0 aliphatic carbocycles. The van der Waals surface area contributed by atoms with Crippen LogP contribution in [0.3, 0.4) is 0 Å². The first-order chi connectivity index (χ1) is 28.0. The van der Waals surface area contributed by atoms with Gasteiger partial charge in [0.15, 0.2) is 5.82 Å². The van der Waals surface area contributed by atoms with E-state index in [0.29, 0.717) is 31.9 Å². The molecule has 0 spiro atoms. The fraction of sp³-hybridized carbons (Fsp3) is 0.333. The van der Waals surface area contributed by atoms with Crippen molar-refractivity contribution in [3.8, 4) is 28.6 Å². The van der Waals surface area contributed by atoms with Gasteiger partial charge in [0.2, 0.25) is 20.0 Å². The van der Waals surface area contributed by atoms with Crippen molar-refractivity contribution in [3.63, 3.8) is 0 Å². The van der Waals surface area contributed by atoms with Gasteiger partial charge < -0.3 is 29.4 Å². The maximum atomic E-state index is 15.5. The van der Waals surface area contributed by atoms with Gasteiger partial charge in [0, 0.05) is 23.2 Å². The molecule has 0 radical (unpaired) electrons. The molecule has 4 aromatic carbocycles. The number of nitrogens with one attached hydrogen (secondary N) is 2. The Labute approximate surface area is 357 Å². The van der Waals surface area contributed by atoms with Crippen molar-refractivity contribution in [2.75, 3.05) is 34.5 Å². The number of aliphatic hydroxyl groups excluding tert-OH is 1. The third kappa shape index (κ3) is 11.7. The van der Waals surface area contributed by atoms with E-state index in [1.54, 1.807) is 101 Å². The van der Waals surface area contributed by atoms with Crippen molar-refractivity contribution in [1.82, 2.24) is 34.6 Å². The van der Waals surface area contributed by atoms with Crippen LogP contribution in [0.25, 0.3) is 11.4 Å². The molecule has 17 nitrogen and oxygen atoms in total. The molecule has 5 aromatic rings. The lowest BCUT2D eigenvalue weighted by molar-refractivity contribution is 0.0519. The molecule has 0 aliphatic heterocycles. The van der Waals surface area contributed by atoms with Crippen LogP contribution < -0.4 is 24.2 Å². The number of ether oxygens (including phenoxy) is 4. The summed E-state index contributed by atoms with van der Waals surface area (Å²) < 4.78 is 86.6. The number of aliphatic hydroxyl groups is 1. The fourth-order valence-corrected chi connectivity index (χ4v) is 10.3. The number of aromatic nitrogens is 4. The topological polar surface area (TPSA) is 213 Å². The summed E-state index contributed by atoms with van der Waals surface area (Å²) in [5.74, 6) is 1.71. The number of carbonyl (C=O) groups is 1. The number of nitrogens with zero attached hydrogens (tertiary/aromatic N) is 5. The molecule has 20 heteroatoms. The van der Waals surface area contributed by atoms with E-state index >= 15 is 8.42 Å². The average molecular weight is 964 g/mol. The first-order valence-electron chi connectivity index (χ1n) is 18.1. The van der Waals surface area contributed by atoms with Gasteiger partial charge in [-0.1, -0.05) is 36.4 Å². The Morgan fingerprint density at radius 1 is 0.814 bits per heavy atom. The smallest absolute Gasteiger partial charge is 0.407 e. The van der Waals surface area contributed by atoms with Crippen LogP contribution in [0.5, 0.6) is 17.2 Å². The molecule has 0 bridgehead atoms. The second-order valence-electron chi connectivity index (χ2n) is 14.1. The maximum Gasteiger partial charge on any atom is 0.407 e. The van der Waals surface area contributed by atoms with Crippen molar-refractivity contribution in [2.24, 2.45) is 0 Å². The summed E-state index contributed by atoms with van der Waals surface area (Å²) in [6.07, 6.45) is -0.841. The highest BCUT2D eigenvalue weighted by Crippen LogP contribution is 2.38. The Morgan fingerprint density at radius 3 is 1.80 bits per heavy atom. The summed E-state index contributed by atoms with van der Waals surface area (Å²) in [6, 6.07) is 22.0. The molecule has 1 atom stereocenters. The van der Waals surface area contributed by atoms with E-state index in [4.69, 9.17) is 18.9 Å². The highest BCUT2D eigenvalue weighted by molar-refractivity contribution is 14.1. The Morgan fingerprint density at radius 2 is 1.32 bits per heavy atom. The number of hydrogen-bond donors (Lipinski definition) is 3. The highest BCUT2D eigenvalue weighted by Gasteiger charge is 2.38. The van der Waals surface area contributed by atoms with Crippen LogP contribution in [0, 0.1) is 3.57 Å². The third-order valence-corrected chi connectivity index (χ3v) is 13.1. The average Bonchev–Trinajstić information content (AvgIpc) is 3.66. The van der Waals surface area contributed by atoms with Gasteiger partial charge in [0.05, 0.1) is 46.1 Å². The van der Waals surface area contributed by atoms with Crippen molar-refractivity contribution >= 4 is 48.7 Å². The lowest BCUT2D eigenvalue weighted by atomic mass is 10.2. The Balaban J connectivity index is 1.69. The van der Waals surface area contributed by atoms with Crippen LogP contribution in [-0.4, -0.2) is 98.7 Å². The number of tetrazole rings is 1. The molecule has 0 saturated heterocycles. The van der Waals surface area contributed by atoms with Crippen molar-refractivity contribution in [2.45, 2.75) is 61.8 Å². The molecule has 316 valence electrons. The quantitative estimate of drug-likeness (QED) is 0.103. The van der Waals surface area contributed by atoms with Gasteiger partial charge >= 0.3 is 6.09 Å². The zero-order valence-electron chi connectivity index (χ0n) is 33.2. The summed E-state index contributed by atoms with van der Waals surface area (Å²) in [4.78, 5) is 11.2. The minimum atomic E-state index is -4.84. The van der Waals surface area contributed by atoms with E-state index in [0.717, 1.165) is 9.87 Å². The number of amides is 1. The summed E-state index contributed by atoms with van der Waals surface area (Å²) in [5, 5.41) is 25.0. The number of rotatable bonds is 18. The van der Waals surface area contributed by atoms with E-state index in [1.165, 1.54) is 31.0 Å². The number of hydrogen-bond acceptors (Lipinski definition) is 13. The number of alkyl carbamates (subject to hydrolysis) is 1. The Bertz CT molecular complexity index is 2380. The van der Waals surface area contributed by atoms with E-state index < -0.39 is 54.2 Å². The predicted octanol–water partition coefficient (Wildman–Crippen LogP) is 4.57. The predicted molar refractivity (Wildman–Crippen MR) is 226 cm³/mol. The van der Waals surface area contributed by atoms with Crippen molar-refractivity contribution in [3.05, 3.63) is 105 Å². The Kier molecular flexibility index (Phi) is 14.9. The number of halogens is 1. The fourth-order valence-electron chi connectivity index (χ4n) is 5.78. The summed E-state index contributed by atoms with van der Waals surface area (Å²) in [5.41, 5.74) is 0.985. The van der Waals surface area contributed by atoms with Gasteiger partial charge in [0.25, 0.3) is 0 Å². The van der Waals surface area contributed by atoms with Crippen molar-refractivity contribution in [1.29, 1.82) is 0 Å². The third-order valence-electron chi connectivity index (χ3n) is 8.67. The molecule has 1 aromatic heterocycles. The molecule has 59 heavy (non-hydrogen) atoms. The van der Waals surface area contributed by atoms with Gasteiger partial charge in [-0.25, -0.2) is 31.0 Å². The Hall–Kier alpha value is -4.87. The molecule has 5 rings (SSSR count). The molecule has 0 saturated carbocycles. The van der Waals surface area contributed by atoms with Crippen LogP contribution in [0.2, 0.25) is 0 Å². The zero-order chi connectivity index (χ0) is 43.0. The normalized spacial score (nSPS) is 12.6. The number of carbonyl (C=O) groups excluding carboxylic acids is 1. The van der Waals surface area contributed by atoms with Gasteiger partial charge in [-0.15, -0.1) is 5.10 Å². The summed E-state index contributed by atoms with van der Waals surface area (Å²) in [6.45, 7) is 3.55. The van der Waals surface area contributed by atoms with E-state index in [9.17, 15) is 18.3 Å². The lowest BCUT2D eigenvalue weighted by Crippen LogP contribution is -2.47. The highest BCUT2D eigenvalue weighted by atomic mass is 127. The molecule has 1 heterocycles. The molecule has 3 N–H and O–H groups in total. The van der Waals surface area contributed by atoms with Gasteiger partial charge in [-0.2, -0.15) is 4.31 Å². The van der Waals surface area contributed by atoms with Crippen LogP contribution >= 0.6 is 22.6 Å². The first kappa shape index (κ1) is 45.2. The molecule has 1 amide bonds. The van der Waals surface area contributed by atoms with Crippen LogP contribution in [-0.2, 0) is 44.4 Å². The monoisotopic (exact) mass is 963 g/mol. The van der Waals surface area contributed by atoms with Gasteiger partial charge in [-0.3, -0.25) is 0 Å². The molecule has 0 aliphatic rings. The summed E-state index contributed by atoms with van der Waals surface area (Å²) in [7, 11) is -5.08. The number of sulfonamides is 2. The summed E-state index contributed by atoms with van der Waals surface area (Å²) >= 11 is 1.93. The van der Waals surface area contributed by atoms with Crippen LogP contribution in [0.15, 0.2) is 94.7 Å². The molecular formula is C39H46IN7O10S2. The standard InChI is InChI=1S/C39H46IN7O10S2/c1-39(2,3)57-38(49)41-21-29(25-48)43-58(50,51)34-20-19-33(40)35(37-42-44-45-47(37)24-28-11-17-32(56-6)18-12-28)36(34)59(52,53)46(22-26-7-13-30(54-4)14-8-26)23-27-9-15-31(55-5)16-10-27/h7-20,29,43,48H,21-25H2,1-6H3,(H,41,49). The second-order valence-corrected chi connectivity index (χ2v) is 18.8. The largest absolute Gasteiger partial charge is 0.497 e. The molecular weight excluding hydrogens is 918 g/mol.